The lowest BCUT2D eigenvalue weighted by Crippen LogP contribution is -2.31. The van der Waals surface area contributed by atoms with E-state index in [0.717, 1.165) is 19.3 Å². The van der Waals surface area contributed by atoms with Crippen LogP contribution in [0.15, 0.2) is 29.2 Å². The molecule has 1 saturated carbocycles. The standard InChI is InChI=1S/C15H20N2O3S/c16-10-12-4-6-14(7-5-12)21(19,20)9-8-17-11-13-2-1-3-15(13)18/h4-7,13,15,17-18H,1-3,8-9,11H2. The fraction of sp³-hybridized carbons (Fsp3) is 0.533. The summed E-state index contributed by atoms with van der Waals surface area (Å²) < 4.78 is 24.2. The van der Waals surface area contributed by atoms with Crippen LogP contribution in [0.5, 0.6) is 0 Å². The first kappa shape index (κ1) is 16.0. The molecule has 2 atom stereocenters. The third-order valence-corrected chi connectivity index (χ3v) is 5.65. The van der Waals surface area contributed by atoms with Crippen LogP contribution in [0.3, 0.4) is 0 Å². The maximum Gasteiger partial charge on any atom is 0.179 e. The number of nitrogens with zero attached hydrogens (tertiary/aromatic N) is 1. The topological polar surface area (TPSA) is 90.2 Å². The summed E-state index contributed by atoms with van der Waals surface area (Å²) in [6.45, 7) is 1.02. The zero-order chi connectivity index (χ0) is 15.3. The number of aliphatic hydroxyl groups excluding tert-OH is 1. The lowest BCUT2D eigenvalue weighted by molar-refractivity contribution is 0.132. The Labute approximate surface area is 125 Å². The van der Waals surface area contributed by atoms with Crippen LogP contribution in [-0.2, 0) is 9.84 Å². The van der Waals surface area contributed by atoms with Gasteiger partial charge in [-0.2, -0.15) is 5.26 Å². The second-order valence-corrected chi connectivity index (χ2v) is 7.53. The lowest BCUT2D eigenvalue weighted by atomic mass is 10.1. The molecule has 6 heteroatoms. The monoisotopic (exact) mass is 308 g/mol. The van der Waals surface area contributed by atoms with Crippen LogP contribution in [-0.4, -0.2) is 38.5 Å². The predicted molar refractivity (Wildman–Crippen MR) is 79.4 cm³/mol. The van der Waals surface area contributed by atoms with E-state index in [1.807, 2.05) is 6.07 Å². The molecule has 0 saturated heterocycles. The molecule has 0 radical (unpaired) electrons. The molecule has 1 aliphatic rings. The Morgan fingerprint density at radius 1 is 1.29 bits per heavy atom. The van der Waals surface area contributed by atoms with Gasteiger partial charge in [0, 0.05) is 13.1 Å². The van der Waals surface area contributed by atoms with E-state index in [-0.39, 0.29) is 22.7 Å². The molecule has 5 nitrogen and oxygen atoms in total. The molecule has 2 rings (SSSR count). The first-order valence-corrected chi connectivity index (χ1v) is 8.80. The van der Waals surface area contributed by atoms with Crippen LogP contribution in [0.25, 0.3) is 0 Å². The Morgan fingerprint density at radius 2 is 2.00 bits per heavy atom. The average molecular weight is 308 g/mol. The van der Waals surface area contributed by atoms with Gasteiger partial charge in [0.25, 0.3) is 0 Å². The summed E-state index contributed by atoms with van der Waals surface area (Å²) >= 11 is 0. The van der Waals surface area contributed by atoms with Gasteiger partial charge in [0.1, 0.15) is 0 Å². The molecule has 1 aromatic rings. The van der Waals surface area contributed by atoms with E-state index in [4.69, 9.17) is 5.26 Å². The maximum atomic E-state index is 12.1. The Morgan fingerprint density at radius 3 is 2.57 bits per heavy atom. The van der Waals surface area contributed by atoms with Crippen LogP contribution in [0.2, 0.25) is 0 Å². The van der Waals surface area contributed by atoms with Crippen molar-refractivity contribution in [3.63, 3.8) is 0 Å². The fourth-order valence-corrected chi connectivity index (χ4v) is 3.80. The summed E-state index contributed by atoms with van der Waals surface area (Å²) in [6, 6.07) is 7.91. The average Bonchev–Trinajstić information content (AvgIpc) is 2.89. The van der Waals surface area contributed by atoms with Gasteiger partial charge in [-0.15, -0.1) is 0 Å². The Hall–Kier alpha value is -1.42. The SMILES string of the molecule is N#Cc1ccc(S(=O)(=O)CCNCC2CCCC2O)cc1. The molecule has 1 aliphatic carbocycles. The quantitative estimate of drug-likeness (QED) is 0.768. The Balaban J connectivity index is 1.82. The van der Waals surface area contributed by atoms with Gasteiger partial charge in [-0.3, -0.25) is 0 Å². The van der Waals surface area contributed by atoms with E-state index in [1.165, 1.54) is 24.3 Å². The third kappa shape index (κ3) is 4.27. The number of sulfone groups is 1. The minimum atomic E-state index is -3.33. The summed E-state index contributed by atoms with van der Waals surface area (Å²) in [4.78, 5) is 0.240. The van der Waals surface area contributed by atoms with Gasteiger partial charge >= 0.3 is 0 Å². The number of nitriles is 1. The number of hydrogen-bond donors (Lipinski definition) is 2. The van der Waals surface area contributed by atoms with E-state index in [2.05, 4.69) is 5.32 Å². The van der Waals surface area contributed by atoms with Gasteiger partial charge < -0.3 is 10.4 Å². The molecular weight excluding hydrogens is 288 g/mol. The molecule has 0 aromatic heterocycles. The predicted octanol–water partition coefficient (Wildman–Crippen LogP) is 1.08. The lowest BCUT2D eigenvalue weighted by Gasteiger charge is -2.15. The fourth-order valence-electron chi connectivity index (χ4n) is 2.60. The summed E-state index contributed by atoms with van der Waals surface area (Å²) in [6.07, 6.45) is 2.62. The molecule has 0 aliphatic heterocycles. The largest absolute Gasteiger partial charge is 0.393 e. The van der Waals surface area contributed by atoms with Crippen molar-refractivity contribution in [1.82, 2.24) is 5.32 Å². The second-order valence-electron chi connectivity index (χ2n) is 5.42. The third-order valence-electron chi connectivity index (χ3n) is 3.92. The highest BCUT2D eigenvalue weighted by molar-refractivity contribution is 7.91. The molecule has 0 spiro atoms. The van der Waals surface area contributed by atoms with E-state index in [1.54, 1.807) is 0 Å². The van der Waals surface area contributed by atoms with Crippen LogP contribution in [0.4, 0.5) is 0 Å². The molecule has 0 amide bonds. The van der Waals surface area contributed by atoms with Crippen LogP contribution in [0.1, 0.15) is 24.8 Å². The van der Waals surface area contributed by atoms with E-state index in [0.29, 0.717) is 18.7 Å². The van der Waals surface area contributed by atoms with Crippen molar-refractivity contribution in [2.75, 3.05) is 18.8 Å². The van der Waals surface area contributed by atoms with Gasteiger partial charge in [0.05, 0.1) is 28.4 Å². The molecule has 0 bridgehead atoms. The van der Waals surface area contributed by atoms with Crippen LogP contribution < -0.4 is 5.32 Å². The highest BCUT2D eigenvalue weighted by atomic mass is 32.2. The highest BCUT2D eigenvalue weighted by Crippen LogP contribution is 2.24. The number of aliphatic hydroxyl groups is 1. The maximum absolute atomic E-state index is 12.1. The first-order valence-electron chi connectivity index (χ1n) is 7.14. The molecule has 0 heterocycles. The van der Waals surface area contributed by atoms with Crippen LogP contribution in [0, 0.1) is 17.2 Å². The zero-order valence-electron chi connectivity index (χ0n) is 11.8. The summed E-state index contributed by atoms with van der Waals surface area (Å²) in [5, 5.41) is 21.5. The van der Waals surface area contributed by atoms with Gasteiger partial charge in [0.15, 0.2) is 9.84 Å². The van der Waals surface area contributed by atoms with E-state index in [9.17, 15) is 13.5 Å². The van der Waals surface area contributed by atoms with Gasteiger partial charge in [-0.1, -0.05) is 6.42 Å². The molecule has 1 fully saturated rings. The van der Waals surface area contributed by atoms with Crippen LogP contribution >= 0.6 is 0 Å². The molecule has 21 heavy (non-hydrogen) atoms. The molecule has 2 unspecified atom stereocenters. The molecule has 2 N–H and O–H groups in total. The normalized spacial score (nSPS) is 22.1. The highest BCUT2D eigenvalue weighted by Gasteiger charge is 2.24. The molecule has 1 aromatic carbocycles. The van der Waals surface area contributed by atoms with Crippen molar-refractivity contribution in [2.45, 2.75) is 30.3 Å². The molecular formula is C15H20N2O3S. The van der Waals surface area contributed by atoms with Gasteiger partial charge in [-0.25, -0.2) is 8.42 Å². The van der Waals surface area contributed by atoms with E-state index < -0.39 is 9.84 Å². The summed E-state index contributed by atoms with van der Waals surface area (Å²) in [5.41, 5.74) is 0.447. The number of benzene rings is 1. The Kier molecular flexibility index (Phi) is 5.34. The molecule has 114 valence electrons. The van der Waals surface area contributed by atoms with Crippen molar-refractivity contribution in [1.29, 1.82) is 5.26 Å². The second kappa shape index (κ2) is 7.03. The number of hydrogen-bond acceptors (Lipinski definition) is 5. The van der Waals surface area contributed by atoms with E-state index >= 15 is 0 Å². The number of nitrogens with one attached hydrogen (secondary N) is 1. The summed E-state index contributed by atoms with van der Waals surface area (Å²) in [7, 11) is -3.33. The van der Waals surface area contributed by atoms with Crippen molar-refractivity contribution in [3.8, 4) is 6.07 Å². The Bertz CT molecular complexity index is 605. The minimum Gasteiger partial charge on any atom is -0.393 e. The van der Waals surface area contributed by atoms with Crippen molar-refractivity contribution < 1.29 is 13.5 Å². The summed E-state index contributed by atoms with van der Waals surface area (Å²) in [5.74, 6) is 0.254. The van der Waals surface area contributed by atoms with Crippen molar-refractivity contribution >= 4 is 9.84 Å². The van der Waals surface area contributed by atoms with Crippen molar-refractivity contribution in [2.24, 2.45) is 5.92 Å². The zero-order valence-corrected chi connectivity index (χ0v) is 12.6. The van der Waals surface area contributed by atoms with Crippen molar-refractivity contribution in [3.05, 3.63) is 29.8 Å². The first-order chi connectivity index (χ1) is 10.0. The van der Waals surface area contributed by atoms with Gasteiger partial charge in [0.2, 0.25) is 0 Å². The smallest absolute Gasteiger partial charge is 0.179 e. The number of rotatable bonds is 6. The van der Waals surface area contributed by atoms with Gasteiger partial charge in [-0.05, 0) is 43.0 Å². The minimum absolute atomic E-state index is 0.0156.